The average molecular weight is 441 g/mol. The Morgan fingerprint density at radius 1 is 1.33 bits per heavy atom. The summed E-state index contributed by atoms with van der Waals surface area (Å²) >= 11 is 0. The molecule has 0 rings (SSSR count). The molecule has 0 amide bonds. The van der Waals surface area contributed by atoms with Crippen molar-refractivity contribution in [3.63, 3.8) is 0 Å². The van der Waals surface area contributed by atoms with Crippen LogP contribution in [0.5, 0.6) is 0 Å². The van der Waals surface area contributed by atoms with Gasteiger partial charge >= 0.3 is 11.9 Å². The van der Waals surface area contributed by atoms with Gasteiger partial charge in [0, 0.05) is 35.3 Å². The van der Waals surface area contributed by atoms with E-state index < -0.39 is 18.0 Å². The molecule has 109 valence electrons. The van der Waals surface area contributed by atoms with Crippen LogP contribution in [0.25, 0.3) is 0 Å². The van der Waals surface area contributed by atoms with Crippen LogP contribution in [0.1, 0.15) is 32.6 Å². The summed E-state index contributed by atoms with van der Waals surface area (Å²) in [5, 5.41) is 0. The van der Waals surface area contributed by atoms with E-state index in [1.807, 2.05) is 6.92 Å². The van der Waals surface area contributed by atoms with E-state index in [9.17, 15) is 9.59 Å². The molecule has 0 aliphatic rings. The van der Waals surface area contributed by atoms with Gasteiger partial charge in [-0.15, -0.1) is 0 Å². The van der Waals surface area contributed by atoms with Gasteiger partial charge in [0.15, 0.2) is 5.96 Å². The van der Waals surface area contributed by atoms with Crippen molar-refractivity contribution in [1.29, 1.82) is 0 Å². The number of rotatable bonds is 7. The zero-order valence-corrected chi connectivity index (χ0v) is 12.5. The van der Waals surface area contributed by atoms with Crippen LogP contribution in [0.3, 0.4) is 0 Å². The monoisotopic (exact) mass is 441 g/mol. The molecule has 6 N–H and O–H groups in total. The standard InChI is InChI=1S/C10H20N4O3.Au/c1-2-4-8(15)17-9(16)7(11)5-3-6-14-10(12)13;/h7H,2-6,11H2,1H3,(H4,12,13,14);/t7-;/m0./s1. The minimum absolute atomic E-state index is 0. The second kappa shape index (κ2) is 11.2. The number of esters is 2. The molecule has 1 radical (unpaired) electrons. The van der Waals surface area contributed by atoms with Gasteiger partial charge in [-0.2, -0.15) is 0 Å². The summed E-state index contributed by atoms with van der Waals surface area (Å²) in [5.74, 6) is -1.25. The molecule has 0 bridgehead atoms. The molecule has 0 aromatic heterocycles. The van der Waals surface area contributed by atoms with Crippen LogP contribution in [0, 0.1) is 0 Å². The first-order valence-corrected chi connectivity index (χ1v) is 5.52. The Hall–Kier alpha value is -0.890. The topological polar surface area (TPSA) is 134 Å². The number of nitrogens with two attached hydrogens (primary N) is 3. The van der Waals surface area contributed by atoms with Crippen molar-refractivity contribution >= 4 is 17.9 Å². The summed E-state index contributed by atoms with van der Waals surface area (Å²) in [6.07, 6.45) is 1.77. The zero-order chi connectivity index (χ0) is 13.3. The van der Waals surface area contributed by atoms with Crippen molar-refractivity contribution in [3.8, 4) is 0 Å². The number of nitrogens with zero attached hydrogens (tertiary/aromatic N) is 1. The van der Waals surface area contributed by atoms with Gasteiger partial charge in [0.1, 0.15) is 6.04 Å². The van der Waals surface area contributed by atoms with E-state index in [4.69, 9.17) is 17.2 Å². The van der Waals surface area contributed by atoms with Gasteiger partial charge in [-0.05, 0) is 19.3 Å². The number of guanidine groups is 1. The van der Waals surface area contributed by atoms with Crippen molar-refractivity contribution in [3.05, 3.63) is 0 Å². The number of hydrogen-bond donors (Lipinski definition) is 3. The fourth-order valence-corrected chi connectivity index (χ4v) is 1.08. The summed E-state index contributed by atoms with van der Waals surface area (Å²) in [5.41, 5.74) is 15.8. The number of hydrogen-bond acceptors (Lipinski definition) is 5. The van der Waals surface area contributed by atoms with E-state index in [0.29, 0.717) is 25.8 Å². The molecule has 0 saturated carbocycles. The van der Waals surface area contributed by atoms with Gasteiger partial charge in [-0.1, -0.05) is 6.92 Å². The number of ether oxygens (including phenoxy) is 1. The third-order valence-corrected chi connectivity index (χ3v) is 1.94. The zero-order valence-electron chi connectivity index (χ0n) is 10.3. The Morgan fingerprint density at radius 2 is 1.94 bits per heavy atom. The first kappa shape index (κ1) is 19.4. The second-order valence-electron chi connectivity index (χ2n) is 3.60. The molecule has 0 saturated heterocycles. The summed E-state index contributed by atoms with van der Waals surface area (Å²) in [6.45, 7) is 2.22. The third-order valence-electron chi connectivity index (χ3n) is 1.94. The predicted octanol–water partition coefficient (Wildman–Crippen LogP) is -0.765. The van der Waals surface area contributed by atoms with Crippen molar-refractivity contribution < 1.29 is 36.7 Å². The van der Waals surface area contributed by atoms with Gasteiger partial charge in [0.25, 0.3) is 0 Å². The Labute approximate surface area is 122 Å². The maximum absolute atomic E-state index is 11.3. The van der Waals surface area contributed by atoms with Crippen LogP contribution in [0.15, 0.2) is 4.99 Å². The maximum atomic E-state index is 11.3. The Balaban J connectivity index is 0. The molecule has 0 aliphatic heterocycles. The molecule has 0 aromatic carbocycles. The largest absolute Gasteiger partial charge is 0.392 e. The van der Waals surface area contributed by atoms with Crippen molar-refractivity contribution in [2.75, 3.05) is 6.54 Å². The van der Waals surface area contributed by atoms with Crippen LogP contribution >= 0.6 is 0 Å². The third kappa shape index (κ3) is 10.3. The average Bonchev–Trinajstić information content (AvgIpc) is 2.23. The van der Waals surface area contributed by atoms with Gasteiger partial charge in [-0.3, -0.25) is 9.79 Å². The van der Waals surface area contributed by atoms with Crippen LogP contribution < -0.4 is 17.2 Å². The first-order chi connectivity index (χ1) is 7.97. The quantitative estimate of drug-likeness (QED) is 0.119. The fourth-order valence-electron chi connectivity index (χ4n) is 1.08. The van der Waals surface area contributed by atoms with E-state index in [-0.39, 0.29) is 34.8 Å². The second-order valence-corrected chi connectivity index (χ2v) is 3.60. The molecular formula is C10H20AuN4O3. The summed E-state index contributed by atoms with van der Waals surface area (Å²) in [4.78, 5) is 26.1. The Bertz CT molecular complexity index is 293. The maximum Gasteiger partial charge on any atom is 0.330 e. The fraction of sp³-hybridized carbons (Fsp3) is 0.700. The number of aliphatic imine (C=N–C) groups is 1. The molecule has 7 nitrogen and oxygen atoms in total. The van der Waals surface area contributed by atoms with Crippen molar-refractivity contribution in [2.24, 2.45) is 22.2 Å². The van der Waals surface area contributed by atoms with Crippen LogP contribution in [-0.4, -0.2) is 30.5 Å². The molecule has 1 atom stereocenters. The molecule has 0 heterocycles. The van der Waals surface area contributed by atoms with E-state index in [1.54, 1.807) is 0 Å². The molecule has 8 heteroatoms. The summed E-state index contributed by atoms with van der Waals surface area (Å²) < 4.78 is 4.54. The molecule has 0 unspecified atom stereocenters. The predicted molar refractivity (Wildman–Crippen MR) is 63.9 cm³/mol. The van der Waals surface area contributed by atoms with E-state index in [1.165, 1.54) is 0 Å². The number of carbonyl (C=O) groups excluding carboxylic acids is 2. The molecule has 0 fully saturated rings. The normalized spacial score (nSPS) is 11.0. The number of carbonyl (C=O) groups is 2. The van der Waals surface area contributed by atoms with Crippen LogP contribution in [0.4, 0.5) is 0 Å². The van der Waals surface area contributed by atoms with Crippen molar-refractivity contribution in [1.82, 2.24) is 0 Å². The SMILES string of the molecule is CCCC(=O)OC(=O)[C@@H](N)CCCN=C(N)N.[Au]. The van der Waals surface area contributed by atoms with Gasteiger partial charge < -0.3 is 21.9 Å². The van der Waals surface area contributed by atoms with Crippen LogP contribution in [0.2, 0.25) is 0 Å². The van der Waals surface area contributed by atoms with E-state index >= 15 is 0 Å². The van der Waals surface area contributed by atoms with E-state index in [2.05, 4.69) is 9.73 Å². The van der Waals surface area contributed by atoms with E-state index in [0.717, 1.165) is 0 Å². The van der Waals surface area contributed by atoms with Gasteiger partial charge in [-0.25, -0.2) is 4.79 Å². The van der Waals surface area contributed by atoms with Gasteiger partial charge in [0.2, 0.25) is 0 Å². The summed E-state index contributed by atoms with van der Waals surface area (Å²) in [6, 6.07) is -0.815. The minimum atomic E-state index is -0.815. The van der Waals surface area contributed by atoms with Crippen LogP contribution in [-0.2, 0) is 36.7 Å². The minimum Gasteiger partial charge on any atom is -0.392 e. The molecule has 0 aliphatic carbocycles. The Kier molecular flexibility index (Phi) is 12.1. The molecule has 0 spiro atoms. The first-order valence-electron chi connectivity index (χ1n) is 5.52. The molecular weight excluding hydrogens is 421 g/mol. The molecule has 18 heavy (non-hydrogen) atoms. The van der Waals surface area contributed by atoms with Crippen molar-refractivity contribution in [2.45, 2.75) is 38.6 Å². The Morgan fingerprint density at radius 3 is 2.44 bits per heavy atom. The van der Waals surface area contributed by atoms with Gasteiger partial charge in [0.05, 0.1) is 0 Å². The smallest absolute Gasteiger partial charge is 0.330 e. The summed E-state index contributed by atoms with van der Waals surface area (Å²) in [7, 11) is 0. The molecule has 0 aromatic rings.